The van der Waals surface area contributed by atoms with Crippen molar-refractivity contribution >= 4 is 162 Å². The number of aliphatic imine (C=N–C) groups is 1. The molecule has 15 aromatic rings. The summed E-state index contributed by atoms with van der Waals surface area (Å²) in [5, 5.41) is 11.1. The molecule has 1 saturated heterocycles. The Hall–Kier alpha value is -12.2. The number of ether oxygens (including phenoxy) is 2. The number of aromatic nitrogens is 18. The number of nitrogens with two attached hydrogens (primary N) is 1. The summed E-state index contributed by atoms with van der Waals surface area (Å²) in [5.74, 6) is -0.527. The van der Waals surface area contributed by atoms with Gasteiger partial charge in [0.15, 0.2) is 17.1 Å². The number of carbonyl (C=O) groups excluding carboxylic acids is 3. The fourth-order valence-corrected chi connectivity index (χ4v) is 14.9. The lowest BCUT2D eigenvalue weighted by Crippen LogP contribution is -2.41. The van der Waals surface area contributed by atoms with Crippen molar-refractivity contribution in [1.82, 2.24) is 88.5 Å². The first-order valence-corrected chi connectivity index (χ1v) is 44.4. The summed E-state index contributed by atoms with van der Waals surface area (Å²) >= 11 is 10.3. The predicted molar refractivity (Wildman–Crippen MR) is 495 cm³/mol. The normalized spacial score (nSPS) is 12.8. The molecule has 0 atom stereocenters. The second kappa shape index (κ2) is 43.3. The molecule has 35 nitrogen and oxygen atoms in total. The van der Waals surface area contributed by atoms with Gasteiger partial charge in [0.1, 0.15) is 52.8 Å². The summed E-state index contributed by atoms with van der Waals surface area (Å²) in [4.78, 5) is 122. The first-order chi connectivity index (χ1) is 61.2. The van der Waals surface area contributed by atoms with Crippen molar-refractivity contribution < 1.29 is 50.8 Å². The average molecular weight is 1920 g/mol. The molecular weight excluding hydrogens is 1820 g/mol. The van der Waals surface area contributed by atoms with Crippen LogP contribution in [0.25, 0.3) is 100 Å². The van der Waals surface area contributed by atoms with Crippen LogP contribution in [0, 0.1) is 0 Å². The van der Waals surface area contributed by atoms with Crippen LogP contribution in [0.2, 0.25) is 0 Å². The van der Waals surface area contributed by atoms with E-state index in [9.17, 15) is 24.0 Å². The maximum Gasteiger partial charge on any atom is 0.498 e. The van der Waals surface area contributed by atoms with E-state index in [1.165, 1.54) is 36.3 Å². The van der Waals surface area contributed by atoms with Gasteiger partial charge in [-0.15, -0.1) is 0 Å². The molecule has 1 aliphatic rings. The SMILES string of the molecule is CCCCCN(C(=O)OCC)c1c(C(=O)c2cncnc2)oc2ncc(Br)cc12.CCCCCN(C(N)=NCC)c1c(C(=O)OCC)oc2ncc(Br)cc12.CCCCCn1c(=O)nc(-c2cncnc2)c2oc3ncc(-c4cnn(C)c4)cc3c21.CCCCCn1c(=O)nc(-c2cncnc2)c2oc3ncc(Br)cc3c21.Cn1cc(B2OC(C)(C)C(C)(C)O2)cn1. The number of furan rings is 4. The summed E-state index contributed by atoms with van der Waals surface area (Å²) in [6.07, 6.45) is 38.7. The minimum atomic E-state index is -0.540. The standard InChI is InChI=1S/C22H21N7O2.C20H21BrN4O4.C18H16BrN5O2.C18H25BrN4O3.C10H17BN2O2/c1-3-4-5-6-29-19-17-7-14(16-11-26-28(2)12-16)10-25-21(17)31-20(19)18(27-22(29)30)15-8-23-13-24-9-15;1-3-5-6-7-25(20(27)28-4-2)16-15-8-14(21)11-24-19(15)29-18(16)17(26)13-9-22-12-23-10-13;1-2-3-4-5-24-15-13-6-12(19)9-22-17(13)26-16(15)14(23-18(24)25)11-7-20-10-21-8-11;1-4-7-8-9-23(18(20)21-5-2)14-13-10-12(19)11-22-16(13)26-15(14)17(24)25-6-3;1-9(2)10(3,4)15-11(14-9)8-6-12-13(5)7-8/h7-13H,3-6H2,1-2H3;8-12H,3-7H2,1-2H3;6-10H,2-5H2,1H3;10-11H,4-9H2,1-3H3,(H2,20,21);6-7H,1-5H3. The van der Waals surface area contributed by atoms with Crippen LogP contribution in [-0.4, -0.2) is 163 Å². The van der Waals surface area contributed by atoms with Crippen LogP contribution in [0.3, 0.4) is 0 Å². The molecule has 0 bridgehead atoms. The van der Waals surface area contributed by atoms with Crippen LogP contribution >= 0.6 is 47.8 Å². The van der Waals surface area contributed by atoms with Gasteiger partial charge in [-0.25, -0.2) is 69.0 Å². The number of guanidine groups is 1. The molecule has 16 rings (SSSR count). The van der Waals surface area contributed by atoms with Gasteiger partial charge in [0.25, 0.3) is 0 Å². The van der Waals surface area contributed by atoms with E-state index in [0.29, 0.717) is 127 Å². The van der Waals surface area contributed by atoms with Gasteiger partial charge in [-0.1, -0.05) is 79.1 Å². The number of hydrogen-bond acceptors (Lipinski definition) is 28. The molecule has 664 valence electrons. The Labute approximate surface area is 756 Å². The summed E-state index contributed by atoms with van der Waals surface area (Å²) < 4.78 is 55.0. The van der Waals surface area contributed by atoms with Gasteiger partial charge < -0.3 is 47.1 Å². The monoisotopic (exact) mass is 1920 g/mol. The van der Waals surface area contributed by atoms with Crippen LogP contribution in [0.4, 0.5) is 16.2 Å². The third-order valence-corrected chi connectivity index (χ3v) is 22.1. The predicted octanol–water partition coefficient (Wildman–Crippen LogP) is 17.1. The molecule has 0 radical (unpaired) electrons. The molecule has 0 aromatic carbocycles. The summed E-state index contributed by atoms with van der Waals surface area (Å²) in [5.41, 5.74) is 15.1. The number of ketones is 1. The highest BCUT2D eigenvalue weighted by molar-refractivity contribution is 9.11. The highest BCUT2D eigenvalue weighted by atomic mass is 79.9. The molecule has 1 fully saturated rings. The fourth-order valence-electron chi connectivity index (χ4n) is 13.9. The smallest absolute Gasteiger partial charge is 0.460 e. The van der Waals surface area contributed by atoms with E-state index < -0.39 is 17.8 Å². The van der Waals surface area contributed by atoms with Gasteiger partial charge in [0.2, 0.25) is 40.2 Å². The van der Waals surface area contributed by atoms with Gasteiger partial charge in [-0.2, -0.15) is 20.2 Å². The van der Waals surface area contributed by atoms with Gasteiger partial charge in [-0.3, -0.25) is 33.2 Å². The quantitative estimate of drug-likeness (QED) is 0.0119. The molecule has 1 aliphatic heterocycles. The van der Waals surface area contributed by atoms with Gasteiger partial charge in [0, 0.05) is 169 Å². The third kappa shape index (κ3) is 22.1. The lowest BCUT2D eigenvalue weighted by Gasteiger charge is -2.32. The zero-order valence-corrected chi connectivity index (χ0v) is 77.8. The molecule has 0 spiro atoms. The highest BCUT2D eigenvalue weighted by Gasteiger charge is 2.52. The number of hydrogen-bond donors (Lipinski definition) is 1. The topological polar surface area (TPSA) is 420 Å². The van der Waals surface area contributed by atoms with Gasteiger partial charge >= 0.3 is 30.6 Å². The molecular formula is C88H100BBr3N22O13. The Bertz CT molecular complexity index is 6460. The van der Waals surface area contributed by atoms with Crippen molar-refractivity contribution in [3.05, 3.63) is 181 Å². The van der Waals surface area contributed by atoms with Crippen molar-refractivity contribution in [3.8, 4) is 33.6 Å². The van der Waals surface area contributed by atoms with E-state index in [2.05, 4.69) is 150 Å². The number of esters is 1. The lowest BCUT2D eigenvalue weighted by atomic mass is 9.82. The van der Waals surface area contributed by atoms with Crippen molar-refractivity contribution in [3.63, 3.8) is 0 Å². The Morgan fingerprint density at radius 3 is 1.39 bits per heavy atom. The molecule has 16 heterocycles. The van der Waals surface area contributed by atoms with E-state index in [1.54, 1.807) is 100 Å². The molecule has 0 unspecified atom stereocenters. The Kier molecular flexibility index (Phi) is 32.1. The van der Waals surface area contributed by atoms with Gasteiger partial charge in [-0.05, 0) is 146 Å². The number of nitrogens with zero attached hydrogens (tertiary/aromatic N) is 21. The zero-order chi connectivity index (χ0) is 90.6. The molecule has 39 heteroatoms. The Morgan fingerprint density at radius 2 is 0.921 bits per heavy atom. The summed E-state index contributed by atoms with van der Waals surface area (Å²) in [6, 6.07) is 7.53. The number of unbranched alkanes of at least 4 members (excludes halogenated alkanes) is 8. The minimum absolute atomic E-state index is 0.00458. The summed E-state index contributed by atoms with van der Waals surface area (Å²) in [7, 11) is 3.45. The molecule has 127 heavy (non-hydrogen) atoms. The molecule has 1 amide bonds. The average Bonchev–Trinajstić information content (AvgIpc) is 1.60. The maximum atomic E-state index is 13.1. The number of pyridine rings is 4. The molecule has 0 saturated carbocycles. The van der Waals surface area contributed by atoms with E-state index in [1.807, 2.05) is 84.2 Å². The van der Waals surface area contributed by atoms with E-state index in [0.717, 1.165) is 113 Å². The number of fused-ring (bicyclic) bond motifs is 8. The number of amides is 1. The number of halogens is 3. The first kappa shape index (κ1) is 93.9. The third-order valence-electron chi connectivity index (χ3n) is 20.8. The minimum Gasteiger partial charge on any atom is -0.460 e. The lowest BCUT2D eigenvalue weighted by molar-refractivity contribution is 0.00578. The summed E-state index contributed by atoms with van der Waals surface area (Å²) in [6.45, 7) is 25.2. The highest BCUT2D eigenvalue weighted by Crippen LogP contribution is 2.42. The van der Waals surface area contributed by atoms with Gasteiger partial charge in [0.05, 0.1) is 57.7 Å². The van der Waals surface area contributed by atoms with Crippen molar-refractivity contribution in [1.29, 1.82) is 0 Å². The van der Waals surface area contributed by atoms with Crippen LogP contribution in [0.1, 0.15) is 180 Å². The molecule has 0 aliphatic carbocycles. The molecule has 2 N–H and O–H groups in total. The van der Waals surface area contributed by atoms with E-state index in [4.69, 9.17) is 42.2 Å². The van der Waals surface area contributed by atoms with E-state index in [-0.39, 0.29) is 65.7 Å². The van der Waals surface area contributed by atoms with Crippen molar-refractivity contribution in [2.45, 2.75) is 178 Å². The number of anilines is 2. The second-order valence-corrected chi connectivity index (χ2v) is 33.3. The Balaban J connectivity index is 0.000000146. The fraction of sp³-hybridized carbons (Fsp3) is 0.386. The van der Waals surface area contributed by atoms with Crippen LogP contribution in [0.5, 0.6) is 0 Å². The number of aryl methyl sites for hydroxylation is 4. The van der Waals surface area contributed by atoms with Crippen LogP contribution < -0.4 is 32.4 Å². The zero-order valence-electron chi connectivity index (χ0n) is 73.0. The van der Waals surface area contributed by atoms with Crippen molar-refractivity contribution in [2.24, 2.45) is 24.8 Å². The van der Waals surface area contributed by atoms with E-state index >= 15 is 0 Å². The first-order valence-electron chi connectivity index (χ1n) is 42.1. The van der Waals surface area contributed by atoms with Crippen LogP contribution in [-0.2, 0) is 46.0 Å². The molecule has 15 aromatic heterocycles. The van der Waals surface area contributed by atoms with Crippen LogP contribution in [0.15, 0.2) is 176 Å². The second-order valence-electron chi connectivity index (χ2n) is 30.5. The number of rotatable bonds is 28. The number of carbonyl (C=O) groups is 3. The largest absolute Gasteiger partial charge is 0.498 e. The maximum absolute atomic E-state index is 13.1. The Morgan fingerprint density at radius 1 is 0.488 bits per heavy atom. The van der Waals surface area contributed by atoms with Crippen molar-refractivity contribution in [2.75, 3.05) is 42.6 Å².